The Kier molecular flexibility index (Phi) is 3.48. The zero-order valence-electron chi connectivity index (χ0n) is 14.2. The highest BCUT2D eigenvalue weighted by Crippen LogP contribution is 2.52. The number of rotatable bonds is 2. The highest BCUT2D eigenvalue weighted by molar-refractivity contribution is 7.16. The Morgan fingerprint density at radius 3 is 2.39 bits per heavy atom. The smallest absolute Gasteiger partial charge is 0.250 e. The van der Waals surface area contributed by atoms with Gasteiger partial charge in [-0.1, -0.05) is 6.92 Å². The van der Waals surface area contributed by atoms with Gasteiger partial charge in [-0.2, -0.15) is 0 Å². The van der Waals surface area contributed by atoms with Crippen LogP contribution in [0.25, 0.3) is 0 Å². The lowest BCUT2D eigenvalue weighted by Gasteiger charge is -2.43. The Hall–Kier alpha value is -1.01. The Morgan fingerprint density at radius 2 is 1.83 bits per heavy atom. The van der Waals surface area contributed by atoms with Crippen molar-refractivity contribution in [3.05, 3.63) is 16.5 Å². The number of anilines is 1. The number of ether oxygens (including phenoxy) is 1. The quantitative estimate of drug-likeness (QED) is 0.845. The van der Waals surface area contributed by atoms with Gasteiger partial charge in [-0.25, -0.2) is 8.78 Å². The van der Waals surface area contributed by atoms with E-state index in [4.69, 9.17) is 4.74 Å². The molecule has 0 unspecified atom stereocenters. The molecule has 1 aromatic heterocycles. The average molecular weight is 343 g/mol. The number of hydrogen-bond donors (Lipinski definition) is 1. The number of alkyl halides is 2. The molecule has 2 heterocycles. The van der Waals surface area contributed by atoms with Gasteiger partial charge in [0.2, 0.25) is 11.8 Å². The predicted octanol–water partition coefficient (Wildman–Crippen LogP) is 4.71. The maximum atomic E-state index is 13.1. The summed E-state index contributed by atoms with van der Waals surface area (Å²) in [6.45, 7) is 9.73. The van der Waals surface area contributed by atoms with Crippen LogP contribution in [0, 0.1) is 5.41 Å². The van der Waals surface area contributed by atoms with Crippen molar-refractivity contribution in [1.82, 2.24) is 0 Å². The molecule has 1 aromatic rings. The van der Waals surface area contributed by atoms with Crippen LogP contribution in [0.15, 0.2) is 6.07 Å². The first-order valence-electron chi connectivity index (χ1n) is 7.85. The number of carbonyl (C=O) groups excluding carboxylic acids is 1. The van der Waals surface area contributed by atoms with E-state index in [1.165, 1.54) is 11.3 Å². The largest absolute Gasteiger partial charge is 0.364 e. The first kappa shape index (κ1) is 16.8. The van der Waals surface area contributed by atoms with Crippen LogP contribution in [-0.2, 0) is 21.6 Å². The molecule has 0 aromatic carbocycles. The number of fused-ring (bicyclic) bond motifs is 1. The Morgan fingerprint density at radius 1 is 1.22 bits per heavy atom. The van der Waals surface area contributed by atoms with Crippen molar-refractivity contribution in [3.8, 4) is 0 Å². The van der Waals surface area contributed by atoms with Crippen LogP contribution in [0.2, 0.25) is 0 Å². The molecule has 0 atom stereocenters. The highest BCUT2D eigenvalue weighted by Gasteiger charge is 2.57. The highest BCUT2D eigenvalue weighted by atomic mass is 32.1. The minimum atomic E-state index is -2.71. The second kappa shape index (κ2) is 4.76. The van der Waals surface area contributed by atoms with E-state index in [1.807, 2.05) is 33.8 Å². The minimum Gasteiger partial charge on any atom is -0.364 e. The molecule has 3 nitrogen and oxygen atoms in total. The molecule has 1 aliphatic carbocycles. The van der Waals surface area contributed by atoms with E-state index in [2.05, 4.69) is 5.32 Å². The van der Waals surface area contributed by atoms with Gasteiger partial charge in [0.1, 0.15) is 0 Å². The van der Waals surface area contributed by atoms with Crippen LogP contribution in [0.3, 0.4) is 0 Å². The summed E-state index contributed by atoms with van der Waals surface area (Å²) in [7, 11) is 0. The summed E-state index contributed by atoms with van der Waals surface area (Å²) in [5.74, 6) is -3.03. The first-order chi connectivity index (χ1) is 10.3. The molecule has 1 N–H and O–H groups in total. The van der Waals surface area contributed by atoms with E-state index in [9.17, 15) is 13.6 Å². The molecule has 2 aliphatic rings. The van der Waals surface area contributed by atoms with Gasteiger partial charge >= 0.3 is 0 Å². The van der Waals surface area contributed by atoms with Gasteiger partial charge in [-0.15, -0.1) is 11.3 Å². The summed E-state index contributed by atoms with van der Waals surface area (Å²) < 4.78 is 32.4. The van der Waals surface area contributed by atoms with Crippen LogP contribution >= 0.6 is 11.3 Å². The summed E-state index contributed by atoms with van der Waals surface area (Å²) in [6, 6.07) is 1.96. The van der Waals surface area contributed by atoms with Gasteiger partial charge in [-0.05, 0) is 39.3 Å². The van der Waals surface area contributed by atoms with Crippen LogP contribution in [0.5, 0.6) is 0 Å². The summed E-state index contributed by atoms with van der Waals surface area (Å²) >= 11 is 1.48. The number of halogens is 2. The molecule has 1 fully saturated rings. The zero-order chi connectivity index (χ0) is 17.3. The molecule has 1 amide bonds. The zero-order valence-corrected chi connectivity index (χ0v) is 15.0. The minimum absolute atomic E-state index is 0.263. The van der Waals surface area contributed by atoms with E-state index in [-0.39, 0.29) is 24.3 Å². The van der Waals surface area contributed by atoms with E-state index in [0.29, 0.717) is 5.00 Å². The molecular weight excluding hydrogens is 320 g/mol. The maximum absolute atomic E-state index is 13.1. The molecule has 1 aliphatic heterocycles. The molecular formula is C17H23F2NO2S. The first-order valence-corrected chi connectivity index (χ1v) is 8.66. The number of nitrogens with one attached hydrogen (secondary N) is 1. The van der Waals surface area contributed by atoms with E-state index < -0.39 is 16.9 Å². The second-order valence-electron chi connectivity index (χ2n) is 8.24. The second-order valence-corrected chi connectivity index (χ2v) is 9.29. The number of carbonyl (C=O) groups is 1. The van der Waals surface area contributed by atoms with Crippen molar-refractivity contribution in [2.45, 2.75) is 71.0 Å². The number of amides is 1. The van der Waals surface area contributed by atoms with Crippen molar-refractivity contribution in [2.75, 3.05) is 5.32 Å². The monoisotopic (exact) mass is 343 g/mol. The fourth-order valence-electron chi connectivity index (χ4n) is 3.88. The lowest BCUT2D eigenvalue weighted by molar-refractivity contribution is -0.169. The van der Waals surface area contributed by atoms with Crippen LogP contribution in [0.4, 0.5) is 13.8 Å². The molecule has 128 valence electrons. The topological polar surface area (TPSA) is 38.3 Å². The van der Waals surface area contributed by atoms with Gasteiger partial charge in [0.05, 0.1) is 21.6 Å². The van der Waals surface area contributed by atoms with E-state index >= 15 is 0 Å². The molecule has 1 saturated carbocycles. The van der Waals surface area contributed by atoms with E-state index in [0.717, 1.165) is 16.9 Å². The summed E-state index contributed by atoms with van der Waals surface area (Å²) in [5.41, 5.74) is -0.492. The Labute approximate surface area is 139 Å². The summed E-state index contributed by atoms with van der Waals surface area (Å²) in [5, 5.41) is 3.55. The third kappa shape index (κ3) is 3.03. The van der Waals surface area contributed by atoms with Gasteiger partial charge in [0.25, 0.3) is 0 Å². The average Bonchev–Trinajstić information content (AvgIpc) is 2.66. The summed E-state index contributed by atoms with van der Waals surface area (Å²) in [4.78, 5) is 13.4. The molecule has 3 rings (SSSR count). The Balaban J connectivity index is 1.79. The molecule has 23 heavy (non-hydrogen) atoms. The molecule has 0 radical (unpaired) electrons. The molecule has 0 spiro atoms. The van der Waals surface area contributed by atoms with Gasteiger partial charge in [0.15, 0.2) is 0 Å². The van der Waals surface area contributed by atoms with E-state index in [1.54, 1.807) is 6.92 Å². The standard InChI is InChI=1S/C17H23F2NO2S/c1-14(2)7-10-6-11(23-12(10)15(3,4)22-14)20-13(21)16(5)8-17(18,19)9-16/h6H,7-9H2,1-5H3,(H,20,21). The third-order valence-electron chi connectivity index (χ3n) is 4.59. The number of hydrogen-bond acceptors (Lipinski definition) is 3. The summed E-state index contributed by atoms with van der Waals surface area (Å²) in [6.07, 6.45) is 0.0184. The number of thiophene rings is 1. The normalized spacial score (nSPS) is 26.0. The fourth-order valence-corrected chi connectivity index (χ4v) is 4.99. The van der Waals surface area contributed by atoms with Crippen LogP contribution < -0.4 is 5.32 Å². The van der Waals surface area contributed by atoms with Gasteiger partial charge < -0.3 is 10.1 Å². The van der Waals surface area contributed by atoms with Gasteiger partial charge in [0, 0.05) is 24.1 Å². The molecule has 0 saturated heterocycles. The van der Waals surface area contributed by atoms with Crippen molar-refractivity contribution >= 4 is 22.2 Å². The molecule has 0 bridgehead atoms. The van der Waals surface area contributed by atoms with Crippen molar-refractivity contribution in [2.24, 2.45) is 5.41 Å². The van der Waals surface area contributed by atoms with Crippen molar-refractivity contribution < 1.29 is 18.3 Å². The van der Waals surface area contributed by atoms with Crippen molar-refractivity contribution in [1.29, 1.82) is 0 Å². The SMILES string of the molecule is CC1(C)Cc2cc(NC(=O)C3(C)CC(F)(F)C3)sc2C(C)(C)O1. The lowest BCUT2D eigenvalue weighted by Crippen LogP contribution is -2.51. The predicted molar refractivity (Wildman–Crippen MR) is 87.1 cm³/mol. The lowest BCUT2D eigenvalue weighted by atomic mass is 9.67. The van der Waals surface area contributed by atoms with Crippen LogP contribution in [0.1, 0.15) is 57.9 Å². The van der Waals surface area contributed by atoms with Gasteiger partial charge in [-0.3, -0.25) is 4.79 Å². The van der Waals surface area contributed by atoms with Crippen molar-refractivity contribution in [3.63, 3.8) is 0 Å². The van der Waals surface area contributed by atoms with Crippen LogP contribution in [-0.4, -0.2) is 17.4 Å². The maximum Gasteiger partial charge on any atom is 0.250 e. The Bertz CT molecular complexity index is 656. The molecule has 6 heteroatoms. The third-order valence-corrected chi connectivity index (χ3v) is 5.98. The fraction of sp³-hybridized carbons (Fsp3) is 0.706.